The van der Waals surface area contributed by atoms with Gasteiger partial charge >= 0.3 is 0 Å². The van der Waals surface area contributed by atoms with E-state index in [0.29, 0.717) is 23.0 Å². The van der Waals surface area contributed by atoms with Gasteiger partial charge in [0.25, 0.3) is 0 Å². The molecule has 0 aliphatic carbocycles. The smallest absolute Gasteiger partial charge is 0.127 e. The van der Waals surface area contributed by atoms with E-state index < -0.39 is 5.60 Å². The second kappa shape index (κ2) is 5.04. The molecule has 1 aromatic rings. The molecular formula is C15H19ClFNO. The number of hydrogen-bond acceptors (Lipinski definition) is 2. The normalized spacial score (nSPS) is 31.4. The van der Waals surface area contributed by atoms with E-state index in [1.165, 1.54) is 12.5 Å². The maximum Gasteiger partial charge on any atom is 0.127 e. The lowest BCUT2D eigenvalue weighted by Gasteiger charge is -2.41. The largest absolute Gasteiger partial charge is 0.389 e. The molecule has 0 aromatic heterocycles. The van der Waals surface area contributed by atoms with Crippen LogP contribution >= 0.6 is 11.6 Å². The zero-order valence-corrected chi connectivity index (χ0v) is 11.7. The summed E-state index contributed by atoms with van der Waals surface area (Å²) >= 11 is 5.76. The lowest BCUT2D eigenvalue weighted by atomic mass is 9.82. The number of piperidine rings is 1. The van der Waals surface area contributed by atoms with Crippen molar-refractivity contribution in [2.45, 2.75) is 43.7 Å². The average molecular weight is 284 g/mol. The van der Waals surface area contributed by atoms with E-state index in [-0.39, 0.29) is 5.82 Å². The van der Waals surface area contributed by atoms with Crippen molar-refractivity contribution >= 4 is 11.6 Å². The molecule has 0 saturated carbocycles. The molecule has 0 spiro atoms. The Morgan fingerprint density at radius 1 is 1.42 bits per heavy atom. The van der Waals surface area contributed by atoms with Gasteiger partial charge < -0.3 is 10.0 Å². The van der Waals surface area contributed by atoms with Crippen LogP contribution in [0.25, 0.3) is 0 Å². The zero-order valence-electron chi connectivity index (χ0n) is 10.9. The Morgan fingerprint density at radius 2 is 2.26 bits per heavy atom. The van der Waals surface area contributed by atoms with Gasteiger partial charge in [-0.05, 0) is 49.9 Å². The van der Waals surface area contributed by atoms with E-state index in [1.807, 2.05) is 0 Å². The standard InChI is InChI=1S/C15H19ClFNO/c16-12-4-3-11(14(17)8-12)9-15(19)5-7-18-6-1-2-13(18)10-15/h3-4,8,13,19H,1-2,5-7,9-10H2. The monoisotopic (exact) mass is 283 g/mol. The van der Waals surface area contributed by atoms with Crippen LogP contribution in [0.4, 0.5) is 4.39 Å². The Kier molecular flexibility index (Phi) is 3.54. The van der Waals surface area contributed by atoms with Crippen molar-refractivity contribution in [3.63, 3.8) is 0 Å². The second-order valence-electron chi connectivity index (χ2n) is 5.92. The number of halogens is 2. The summed E-state index contributed by atoms with van der Waals surface area (Å²) in [6.07, 6.45) is 4.25. The van der Waals surface area contributed by atoms with Crippen LogP contribution in [0.3, 0.4) is 0 Å². The summed E-state index contributed by atoms with van der Waals surface area (Å²) in [6.45, 7) is 2.08. The maximum atomic E-state index is 13.8. The summed E-state index contributed by atoms with van der Waals surface area (Å²) < 4.78 is 13.8. The van der Waals surface area contributed by atoms with E-state index in [1.54, 1.807) is 12.1 Å². The van der Waals surface area contributed by atoms with Crippen LogP contribution in [0.15, 0.2) is 18.2 Å². The van der Waals surface area contributed by atoms with Crippen molar-refractivity contribution in [2.75, 3.05) is 13.1 Å². The van der Waals surface area contributed by atoms with Crippen molar-refractivity contribution in [1.82, 2.24) is 4.90 Å². The number of fused-ring (bicyclic) bond motifs is 1. The lowest BCUT2D eigenvalue weighted by Crippen LogP contribution is -2.48. The van der Waals surface area contributed by atoms with Gasteiger partial charge in [0.15, 0.2) is 0 Å². The molecule has 0 amide bonds. The molecule has 1 aromatic carbocycles. The highest BCUT2D eigenvalue weighted by molar-refractivity contribution is 6.30. The summed E-state index contributed by atoms with van der Waals surface area (Å²) in [5.41, 5.74) is -0.196. The second-order valence-corrected chi connectivity index (χ2v) is 6.36. The molecule has 2 heterocycles. The van der Waals surface area contributed by atoms with Gasteiger partial charge in [-0.15, -0.1) is 0 Å². The molecule has 3 rings (SSSR count). The average Bonchev–Trinajstić information content (AvgIpc) is 2.79. The Balaban J connectivity index is 1.74. The minimum Gasteiger partial charge on any atom is -0.389 e. The lowest BCUT2D eigenvalue weighted by molar-refractivity contribution is -0.0359. The van der Waals surface area contributed by atoms with Crippen molar-refractivity contribution in [3.05, 3.63) is 34.6 Å². The van der Waals surface area contributed by atoms with E-state index >= 15 is 0 Å². The first kappa shape index (κ1) is 13.3. The summed E-state index contributed by atoms with van der Waals surface area (Å²) in [5.74, 6) is -0.310. The molecule has 19 heavy (non-hydrogen) atoms. The minimum atomic E-state index is -0.764. The Morgan fingerprint density at radius 3 is 3.05 bits per heavy atom. The van der Waals surface area contributed by atoms with Crippen molar-refractivity contribution in [2.24, 2.45) is 0 Å². The SMILES string of the molecule is OC1(Cc2ccc(Cl)cc2F)CCN2CCCC2C1. The molecule has 104 valence electrons. The fraction of sp³-hybridized carbons (Fsp3) is 0.600. The molecule has 0 bridgehead atoms. The number of aliphatic hydroxyl groups is 1. The van der Waals surface area contributed by atoms with E-state index in [2.05, 4.69) is 4.90 Å². The van der Waals surface area contributed by atoms with Gasteiger partial charge in [-0.1, -0.05) is 17.7 Å². The van der Waals surface area contributed by atoms with Gasteiger partial charge in [-0.25, -0.2) is 4.39 Å². The molecule has 2 nitrogen and oxygen atoms in total. The highest BCUT2D eigenvalue weighted by Gasteiger charge is 2.40. The van der Waals surface area contributed by atoms with Gasteiger partial charge in [0, 0.05) is 24.0 Å². The number of nitrogens with zero attached hydrogens (tertiary/aromatic N) is 1. The molecule has 2 fully saturated rings. The van der Waals surface area contributed by atoms with Gasteiger partial charge in [0.1, 0.15) is 5.82 Å². The molecule has 2 aliphatic heterocycles. The summed E-state index contributed by atoms with van der Waals surface area (Å²) in [5, 5.41) is 11.1. The number of hydrogen-bond donors (Lipinski definition) is 1. The predicted molar refractivity (Wildman–Crippen MR) is 73.9 cm³/mol. The van der Waals surface area contributed by atoms with Crippen LogP contribution in [0.1, 0.15) is 31.2 Å². The van der Waals surface area contributed by atoms with Gasteiger partial charge in [0.2, 0.25) is 0 Å². The maximum absolute atomic E-state index is 13.8. The zero-order chi connectivity index (χ0) is 13.5. The van der Waals surface area contributed by atoms with E-state index in [9.17, 15) is 9.50 Å². The first-order valence-corrected chi connectivity index (χ1v) is 7.34. The summed E-state index contributed by atoms with van der Waals surface area (Å²) in [6, 6.07) is 5.18. The number of rotatable bonds is 2. The molecule has 2 atom stereocenters. The molecule has 4 heteroatoms. The molecule has 2 unspecified atom stereocenters. The highest BCUT2D eigenvalue weighted by atomic mass is 35.5. The van der Waals surface area contributed by atoms with Crippen LogP contribution in [0.5, 0.6) is 0 Å². The minimum absolute atomic E-state index is 0.310. The topological polar surface area (TPSA) is 23.5 Å². The highest BCUT2D eigenvalue weighted by Crippen LogP contribution is 2.35. The first-order chi connectivity index (χ1) is 9.06. The van der Waals surface area contributed by atoms with Crippen LogP contribution in [0, 0.1) is 5.82 Å². The van der Waals surface area contributed by atoms with Crippen molar-refractivity contribution in [3.8, 4) is 0 Å². The Bertz CT molecular complexity index is 481. The van der Waals surface area contributed by atoms with Crippen LogP contribution in [0.2, 0.25) is 5.02 Å². The van der Waals surface area contributed by atoms with Crippen LogP contribution in [-0.4, -0.2) is 34.7 Å². The molecule has 1 N–H and O–H groups in total. The first-order valence-electron chi connectivity index (χ1n) is 6.96. The van der Waals surface area contributed by atoms with Gasteiger partial charge in [-0.3, -0.25) is 0 Å². The summed E-state index contributed by atoms with van der Waals surface area (Å²) in [7, 11) is 0. The molecular weight excluding hydrogens is 265 g/mol. The Labute approximate surface area is 118 Å². The third kappa shape index (κ3) is 2.78. The summed E-state index contributed by atoms with van der Waals surface area (Å²) in [4.78, 5) is 2.45. The third-order valence-electron chi connectivity index (χ3n) is 4.51. The third-order valence-corrected chi connectivity index (χ3v) is 4.75. The fourth-order valence-corrected chi connectivity index (χ4v) is 3.65. The predicted octanol–water partition coefficient (Wildman–Crippen LogP) is 3.01. The Hall–Kier alpha value is -0.640. The molecule has 0 radical (unpaired) electrons. The van der Waals surface area contributed by atoms with E-state index in [0.717, 1.165) is 32.4 Å². The molecule has 2 aliphatic rings. The van der Waals surface area contributed by atoms with E-state index in [4.69, 9.17) is 11.6 Å². The van der Waals surface area contributed by atoms with Gasteiger partial charge in [0.05, 0.1) is 5.60 Å². The van der Waals surface area contributed by atoms with Crippen molar-refractivity contribution < 1.29 is 9.50 Å². The van der Waals surface area contributed by atoms with Crippen LogP contribution < -0.4 is 0 Å². The molecule has 2 saturated heterocycles. The van der Waals surface area contributed by atoms with Gasteiger partial charge in [-0.2, -0.15) is 0 Å². The fourth-order valence-electron chi connectivity index (χ4n) is 3.49. The van der Waals surface area contributed by atoms with Crippen molar-refractivity contribution in [1.29, 1.82) is 0 Å². The van der Waals surface area contributed by atoms with Crippen LogP contribution in [-0.2, 0) is 6.42 Å². The quantitative estimate of drug-likeness (QED) is 0.902. The number of benzene rings is 1.